The van der Waals surface area contributed by atoms with Crippen LogP contribution in [0.5, 0.6) is 0 Å². The first-order chi connectivity index (χ1) is 11.2. The molecular weight excluding hydrogens is 335 g/mol. The van der Waals surface area contributed by atoms with Gasteiger partial charge in [-0.25, -0.2) is 0 Å². The smallest absolute Gasteiger partial charge is 0.0596 e. The molecule has 0 amide bonds. The molecule has 4 aromatic rings. The van der Waals surface area contributed by atoms with Crippen LogP contribution in [0.25, 0.3) is 21.5 Å². The summed E-state index contributed by atoms with van der Waals surface area (Å²) in [6.07, 6.45) is 0. The third-order valence-electron chi connectivity index (χ3n) is 4.19. The van der Waals surface area contributed by atoms with Gasteiger partial charge < -0.3 is 0 Å². The van der Waals surface area contributed by atoms with E-state index in [9.17, 15) is 0 Å². The highest BCUT2D eigenvalue weighted by Crippen LogP contribution is 2.51. The number of benzene rings is 4. The molecule has 4 aromatic carbocycles. The number of rotatable bonds is 2. The monoisotopic (exact) mass is 350 g/mol. The Labute approximate surface area is 146 Å². The van der Waals surface area contributed by atoms with Crippen molar-refractivity contribution in [2.45, 2.75) is 0 Å². The molecule has 23 heavy (non-hydrogen) atoms. The lowest BCUT2D eigenvalue weighted by atomic mass is 10.1. The second-order valence-electron chi connectivity index (χ2n) is 5.57. The van der Waals surface area contributed by atoms with Gasteiger partial charge in [0.2, 0.25) is 0 Å². The molecule has 0 aliphatic carbocycles. The van der Waals surface area contributed by atoms with Gasteiger partial charge in [-0.2, -0.15) is 0 Å². The van der Waals surface area contributed by atoms with E-state index in [1.807, 2.05) is 0 Å². The molecule has 4 rings (SSSR count). The maximum Gasteiger partial charge on any atom is 0.0596 e. The van der Waals surface area contributed by atoms with Crippen molar-refractivity contribution in [3.05, 3.63) is 84.9 Å². The lowest BCUT2D eigenvalue weighted by molar-refractivity contribution is 1.77. The fourth-order valence-electron chi connectivity index (χ4n) is 3.07. The van der Waals surface area contributed by atoms with Crippen molar-refractivity contribution < 1.29 is 0 Å². The zero-order valence-electron chi connectivity index (χ0n) is 12.4. The summed E-state index contributed by atoms with van der Waals surface area (Å²) >= 11 is 11.2. The first-order valence-electron chi connectivity index (χ1n) is 7.47. The summed E-state index contributed by atoms with van der Waals surface area (Å²) in [6, 6.07) is 29.5. The second kappa shape index (κ2) is 5.79. The van der Waals surface area contributed by atoms with Crippen molar-refractivity contribution in [2.75, 3.05) is 0 Å². The molecule has 0 heterocycles. The van der Waals surface area contributed by atoms with Crippen molar-refractivity contribution in [1.82, 2.24) is 0 Å². The average Bonchev–Trinajstić information content (AvgIpc) is 2.60. The van der Waals surface area contributed by atoms with Gasteiger partial charge >= 0.3 is 0 Å². The molecule has 0 bridgehead atoms. The molecule has 0 aliphatic rings. The van der Waals surface area contributed by atoms with Gasteiger partial charge in [-0.05, 0) is 21.5 Å². The van der Waals surface area contributed by atoms with Crippen LogP contribution in [0.2, 0.25) is 0 Å². The fraction of sp³-hybridized carbons (Fsp3) is 0. The molecule has 0 saturated carbocycles. The van der Waals surface area contributed by atoms with Gasteiger partial charge in [0.05, 0.1) is 5.24 Å². The van der Waals surface area contributed by atoms with E-state index in [1.54, 1.807) is 0 Å². The van der Waals surface area contributed by atoms with Crippen molar-refractivity contribution in [2.24, 2.45) is 0 Å². The van der Waals surface area contributed by atoms with E-state index in [2.05, 4.69) is 84.9 Å². The summed E-state index contributed by atoms with van der Waals surface area (Å²) < 4.78 is 0. The minimum atomic E-state index is -2.16. The Balaban J connectivity index is 2.04. The summed E-state index contributed by atoms with van der Waals surface area (Å²) in [6.45, 7) is 0. The van der Waals surface area contributed by atoms with Crippen LogP contribution in [-0.4, -0.2) is 0 Å². The molecule has 0 N–H and O–H groups in total. The number of hydrogen-bond acceptors (Lipinski definition) is 1. The molecule has 112 valence electrons. The third kappa shape index (κ3) is 2.52. The third-order valence-corrected chi connectivity index (χ3v) is 8.75. The van der Waals surface area contributed by atoms with Crippen LogP contribution >= 0.6 is 17.5 Å². The quantitative estimate of drug-likeness (QED) is 0.380. The predicted octanol–water partition coefficient (Wildman–Crippen LogP) is 5.27. The average molecular weight is 350 g/mol. The summed E-state index contributed by atoms with van der Waals surface area (Å²) in [4.78, 5) is 0. The van der Waals surface area contributed by atoms with Crippen molar-refractivity contribution in [1.29, 1.82) is 0 Å². The summed E-state index contributed by atoms with van der Waals surface area (Å²) in [7, 11) is 0. The van der Waals surface area contributed by atoms with Gasteiger partial charge in [0.1, 0.15) is 0 Å². The molecular formula is C20H15PS2. The van der Waals surface area contributed by atoms with Crippen molar-refractivity contribution in [3.63, 3.8) is 0 Å². The van der Waals surface area contributed by atoms with Crippen LogP contribution < -0.4 is 10.6 Å². The van der Waals surface area contributed by atoms with Gasteiger partial charge in [0.15, 0.2) is 0 Å². The summed E-state index contributed by atoms with van der Waals surface area (Å²) in [5.41, 5.74) is 0. The Hall–Kier alpha value is -1.60. The fourth-order valence-corrected chi connectivity index (χ4v) is 6.97. The number of thiol groups is 1. The number of fused-ring (bicyclic) bond motifs is 2. The molecule has 0 fully saturated rings. The molecule has 0 spiro atoms. The van der Waals surface area contributed by atoms with Gasteiger partial charge in [-0.1, -0.05) is 96.7 Å². The minimum Gasteiger partial charge on any atom is -0.133 e. The highest BCUT2D eigenvalue weighted by Gasteiger charge is 2.21. The Kier molecular flexibility index (Phi) is 3.77. The molecule has 3 heteroatoms. The molecule has 0 aromatic heterocycles. The molecule has 0 nitrogen and oxygen atoms in total. The zero-order valence-corrected chi connectivity index (χ0v) is 15.0. The topological polar surface area (TPSA) is 0 Å². The van der Waals surface area contributed by atoms with Gasteiger partial charge in [0, 0.05) is 10.6 Å². The highest BCUT2D eigenvalue weighted by atomic mass is 32.9. The Bertz CT molecular complexity index is 975. The minimum absolute atomic E-state index is 1.17. The number of hydrogen-bond donors (Lipinski definition) is 1. The second-order valence-corrected chi connectivity index (χ2v) is 11.9. The standard InChI is InChI=1S/C20H15PS2/c22-21(23,19-13-5-9-15-7-1-3-11-17(15)19)20-14-6-10-16-8-2-4-12-18(16)20/h1-14H,(H,22,23). The zero-order chi connectivity index (χ0) is 15.9. The van der Waals surface area contributed by atoms with E-state index < -0.39 is 5.24 Å². The van der Waals surface area contributed by atoms with Crippen LogP contribution in [0, 0.1) is 0 Å². The molecule has 0 radical (unpaired) electrons. The van der Waals surface area contributed by atoms with E-state index in [1.165, 1.54) is 32.2 Å². The van der Waals surface area contributed by atoms with Crippen LogP contribution in [0.4, 0.5) is 0 Å². The molecule has 0 atom stereocenters. The predicted molar refractivity (Wildman–Crippen MR) is 110 cm³/mol. The van der Waals surface area contributed by atoms with E-state index in [0.29, 0.717) is 0 Å². The lowest BCUT2D eigenvalue weighted by Gasteiger charge is -2.21. The normalized spacial score (nSPS) is 11.9. The van der Waals surface area contributed by atoms with E-state index in [-0.39, 0.29) is 0 Å². The Morgan fingerprint density at radius 1 is 0.565 bits per heavy atom. The van der Waals surface area contributed by atoms with Gasteiger partial charge in [-0.15, -0.1) is 12.2 Å². The summed E-state index contributed by atoms with van der Waals surface area (Å²) in [5.74, 6) is 0. The maximum atomic E-state index is 6.11. The molecule has 0 saturated heterocycles. The van der Waals surface area contributed by atoms with Crippen LogP contribution in [0.3, 0.4) is 0 Å². The lowest BCUT2D eigenvalue weighted by Crippen LogP contribution is -2.13. The first-order valence-corrected chi connectivity index (χ1v) is 11.4. The summed E-state index contributed by atoms with van der Waals surface area (Å²) in [5, 5.41) is 5.03. The Morgan fingerprint density at radius 3 is 1.43 bits per heavy atom. The van der Waals surface area contributed by atoms with Gasteiger partial charge in [-0.3, -0.25) is 0 Å². The maximum absolute atomic E-state index is 6.11. The van der Waals surface area contributed by atoms with E-state index in [4.69, 9.17) is 24.1 Å². The Morgan fingerprint density at radius 2 is 0.957 bits per heavy atom. The van der Waals surface area contributed by atoms with Crippen molar-refractivity contribution in [3.8, 4) is 0 Å². The highest BCUT2D eigenvalue weighted by molar-refractivity contribution is 8.68. The van der Waals surface area contributed by atoms with Crippen LogP contribution in [0.1, 0.15) is 0 Å². The molecule has 0 unspecified atom stereocenters. The van der Waals surface area contributed by atoms with E-state index >= 15 is 0 Å². The first kappa shape index (κ1) is 15.0. The van der Waals surface area contributed by atoms with E-state index in [0.717, 1.165) is 0 Å². The largest absolute Gasteiger partial charge is 0.133 e. The van der Waals surface area contributed by atoms with Crippen molar-refractivity contribution >= 4 is 61.4 Å². The van der Waals surface area contributed by atoms with Crippen LogP contribution in [-0.2, 0) is 11.8 Å². The van der Waals surface area contributed by atoms with Crippen LogP contribution in [0.15, 0.2) is 84.9 Å². The van der Waals surface area contributed by atoms with Gasteiger partial charge in [0.25, 0.3) is 0 Å². The SMILES string of the molecule is S=P(S)(c1cccc2ccccc12)c1cccc2ccccc12. The molecule has 0 aliphatic heterocycles.